The molecule has 2 fully saturated rings. The first kappa shape index (κ1) is 12.3. The van der Waals surface area contributed by atoms with Crippen LogP contribution in [0.1, 0.15) is 0 Å². The Morgan fingerprint density at radius 3 is 1.55 bits per heavy atom. The molecular formula is C14H22N4O2. The van der Waals surface area contributed by atoms with Gasteiger partial charge in [0.1, 0.15) is 12.2 Å². The van der Waals surface area contributed by atoms with Crippen molar-refractivity contribution >= 4 is 0 Å². The van der Waals surface area contributed by atoms with Crippen LogP contribution in [0.4, 0.5) is 0 Å². The van der Waals surface area contributed by atoms with Crippen LogP contribution in [-0.2, 0) is 9.47 Å². The van der Waals surface area contributed by atoms with Gasteiger partial charge in [-0.25, -0.2) is 0 Å². The standard InChI is InChI=1S/C14H22N4O2/c1-15-3-5-17(9-15)11-7-19-14-12(8-20-13(11)14)18-6-4-16(2)10-18/h3-6,11-14H,7-10H2,1-2H3/t11-,12?,13?,14+/m0/s1. The Balaban J connectivity index is 1.45. The molecule has 0 saturated carbocycles. The van der Waals surface area contributed by atoms with Gasteiger partial charge in [0.15, 0.2) is 0 Å². The molecule has 6 heteroatoms. The first-order valence-corrected chi connectivity index (χ1v) is 7.24. The van der Waals surface area contributed by atoms with E-state index in [4.69, 9.17) is 9.47 Å². The Kier molecular flexibility index (Phi) is 2.82. The minimum absolute atomic E-state index is 0.190. The van der Waals surface area contributed by atoms with Crippen LogP contribution in [-0.4, -0.2) is 84.5 Å². The summed E-state index contributed by atoms with van der Waals surface area (Å²) >= 11 is 0. The van der Waals surface area contributed by atoms with Gasteiger partial charge in [0.25, 0.3) is 0 Å². The van der Waals surface area contributed by atoms with Crippen molar-refractivity contribution in [1.82, 2.24) is 19.6 Å². The molecule has 110 valence electrons. The van der Waals surface area contributed by atoms with Gasteiger partial charge in [-0.2, -0.15) is 0 Å². The molecule has 2 unspecified atom stereocenters. The quantitative estimate of drug-likeness (QED) is 0.700. The first-order chi connectivity index (χ1) is 9.72. The van der Waals surface area contributed by atoms with E-state index in [1.54, 1.807) is 0 Å². The van der Waals surface area contributed by atoms with Crippen LogP contribution in [0.5, 0.6) is 0 Å². The fourth-order valence-electron chi connectivity index (χ4n) is 3.56. The molecule has 4 heterocycles. The summed E-state index contributed by atoms with van der Waals surface area (Å²) in [6.45, 7) is 3.38. The van der Waals surface area contributed by atoms with E-state index in [-0.39, 0.29) is 12.2 Å². The molecule has 0 radical (unpaired) electrons. The summed E-state index contributed by atoms with van der Waals surface area (Å²) in [6, 6.07) is 0.686. The van der Waals surface area contributed by atoms with Crippen LogP contribution < -0.4 is 0 Å². The average Bonchev–Trinajstić information content (AvgIpc) is 3.12. The molecular weight excluding hydrogens is 256 g/mol. The molecule has 20 heavy (non-hydrogen) atoms. The third-order valence-electron chi connectivity index (χ3n) is 4.65. The van der Waals surface area contributed by atoms with Gasteiger partial charge in [-0.3, -0.25) is 0 Å². The van der Waals surface area contributed by atoms with Gasteiger partial charge in [-0.1, -0.05) is 0 Å². The Morgan fingerprint density at radius 2 is 1.20 bits per heavy atom. The maximum Gasteiger partial charge on any atom is 0.108 e. The van der Waals surface area contributed by atoms with Crippen molar-refractivity contribution in [3.63, 3.8) is 0 Å². The van der Waals surface area contributed by atoms with Crippen LogP contribution in [0, 0.1) is 0 Å². The summed E-state index contributed by atoms with van der Waals surface area (Å²) in [5, 5.41) is 0. The lowest BCUT2D eigenvalue weighted by atomic mass is 10.0. The molecule has 0 amide bonds. The highest BCUT2D eigenvalue weighted by Gasteiger charge is 2.51. The molecule has 2 saturated heterocycles. The molecule has 0 aromatic rings. The van der Waals surface area contributed by atoms with Crippen LogP contribution in [0.3, 0.4) is 0 Å². The van der Waals surface area contributed by atoms with Gasteiger partial charge in [0.05, 0.1) is 38.6 Å². The summed E-state index contributed by atoms with van der Waals surface area (Å²) in [7, 11) is 4.18. The van der Waals surface area contributed by atoms with Crippen molar-refractivity contribution in [3.05, 3.63) is 24.8 Å². The lowest BCUT2D eigenvalue weighted by molar-refractivity contribution is 0.0485. The minimum atomic E-state index is 0.190. The summed E-state index contributed by atoms with van der Waals surface area (Å²) in [4.78, 5) is 9.02. The second-order valence-electron chi connectivity index (χ2n) is 6.15. The Morgan fingerprint density at radius 1 is 0.750 bits per heavy atom. The average molecular weight is 278 g/mol. The maximum absolute atomic E-state index is 6.08. The zero-order valence-corrected chi connectivity index (χ0v) is 12.1. The molecule has 6 nitrogen and oxygen atoms in total. The molecule has 0 N–H and O–H groups in total. The van der Waals surface area contributed by atoms with E-state index in [1.807, 2.05) is 0 Å². The predicted octanol–water partition coefficient (Wildman–Crippen LogP) is -0.127. The second-order valence-corrected chi connectivity index (χ2v) is 6.15. The highest BCUT2D eigenvalue weighted by molar-refractivity contribution is 5.07. The molecule has 0 aliphatic carbocycles. The summed E-state index contributed by atoms with van der Waals surface area (Å²) in [5.41, 5.74) is 0. The maximum atomic E-state index is 6.08. The van der Waals surface area contributed by atoms with Crippen LogP contribution in [0.25, 0.3) is 0 Å². The highest BCUT2D eigenvalue weighted by Crippen LogP contribution is 2.34. The van der Waals surface area contributed by atoms with E-state index in [1.165, 1.54) is 0 Å². The lowest BCUT2D eigenvalue weighted by Gasteiger charge is -2.28. The second kappa shape index (κ2) is 4.56. The molecule has 4 aliphatic rings. The van der Waals surface area contributed by atoms with E-state index in [0.717, 1.165) is 26.6 Å². The number of hydrogen-bond acceptors (Lipinski definition) is 6. The van der Waals surface area contributed by atoms with E-state index < -0.39 is 0 Å². The van der Waals surface area contributed by atoms with Crippen LogP contribution in [0.15, 0.2) is 24.8 Å². The van der Waals surface area contributed by atoms with Crippen molar-refractivity contribution < 1.29 is 9.47 Å². The van der Waals surface area contributed by atoms with Crippen LogP contribution in [0.2, 0.25) is 0 Å². The van der Waals surface area contributed by atoms with Crippen molar-refractivity contribution in [2.75, 3.05) is 40.6 Å². The van der Waals surface area contributed by atoms with Gasteiger partial charge < -0.3 is 29.1 Å². The molecule has 0 aromatic carbocycles. The predicted molar refractivity (Wildman–Crippen MR) is 74.3 cm³/mol. The van der Waals surface area contributed by atoms with E-state index >= 15 is 0 Å². The third-order valence-corrected chi connectivity index (χ3v) is 4.65. The smallest absolute Gasteiger partial charge is 0.108 e. The number of nitrogens with zero attached hydrogens (tertiary/aromatic N) is 4. The zero-order valence-electron chi connectivity index (χ0n) is 12.1. The highest BCUT2D eigenvalue weighted by atomic mass is 16.6. The normalized spacial score (nSPS) is 39.5. The molecule has 4 aliphatic heterocycles. The number of hydrogen-bond donors (Lipinski definition) is 0. The Hall–Kier alpha value is -1.40. The molecule has 0 aromatic heterocycles. The number of ether oxygens (including phenoxy) is 2. The molecule has 4 atom stereocenters. The zero-order chi connectivity index (χ0) is 13.7. The molecule has 4 rings (SSSR count). The van der Waals surface area contributed by atoms with Gasteiger partial charge in [0, 0.05) is 38.9 Å². The summed E-state index contributed by atoms with van der Waals surface area (Å²) in [5.74, 6) is 0. The topological polar surface area (TPSA) is 31.4 Å². The van der Waals surface area contributed by atoms with E-state index in [0.29, 0.717) is 12.1 Å². The van der Waals surface area contributed by atoms with Gasteiger partial charge in [0.2, 0.25) is 0 Å². The minimum Gasteiger partial charge on any atom is -0.371 e. The first-order valence-electron chi connectivity index (χ1n) is 7.24. The third kappa shape index (κ3) is 1.86. The van der Waals surface area contributed by atoms with Crippen LogP contribution >= 0.6 is 0 Å². The Bertz CT molecular complexity index is 401. The molecule has 0 spiro atoms. The monoisotopic (exact) mass is 278 g/mol. The van der Waals surface area contributed by atoms with E-state index in [2.05, 4.69) is 58.5 Å². The van der Waals surface area contributed by atoms with Gasteiger partial charge >= 0.3 is 0 Å². The van der Waals surface area contributed by atoms with Gasteiger partial charge in [-0.15, -0.1) is 0 Å². The van der Waals surface area contributed by atoms with Crippen molar-refractivity contribution in [2.45, 2.75) is 24.3 Å². The van der Waals surface area contributed by atoms with Crippen molar-refractivity contribution in [2.24, 2.45) is 0 Å². The fraction of sp³-hybridized carbons (Fsp3) is 0.714. The summed E-state index contributed by atoms with van der Waals surface area (Å²) < 4.78 is 12.2. The largest absolute Gasteiger partial charge is 0.371 e. The van der Waals surface area contributed by atoms with Crippen molar-refractivity contribution in [3.8, 4) is 0 Å². The number of fused-ring (bicyclic) bond motifs is 1. The number of rotatable bonds is 2. The Labute approximate surface area is 119 Å². The SMILES string of the molecule is CN1C=CN(C2COC3[C@@H]2OC[C@@H]3N2C=CN(C)C2)C1. The van der Waals surface area contributed by atoms with Crippen molar-refractivity contribution in [1.29, 1.82) is 0 Å². The van der Waals surface area contributed by atoms with Gasteiger partial charge in [-0.05, 0) is 0 Å². The molecule has 0 bridgehead atoms. The van der Waals surface area contributed by atoms with E-state index in [9.17, 15) is 0 Å². The summed E-state index contributed by atoms with van der Waals surface area (Å²) in [6.07, 6.45) is 8.90. The lowest BCUT2D eigenvalue weighted by Crippen LogP contribution is -2.45. The fourth-order valence-corrected chi connectivity index (χ4v) is 3.56.